The average molecular weight is 316 g/mol. The maximum absolute atomic E-state index is 5.52. The lowest BCUT2D eigenvalue weighted by Crippen LogP contribution is -1.94. The second-order valence-corrected chi connectivity index (χ2v) is 5.32. The summed E-state index contributed by atoms with van der Waals surface area (Å²) in [6, 6.07) is 16.7. The number of rotatable bonds is 2. The average Bonchev–Trinajstić information content (AvgIpc) is 2.76. The number of nitrogens with zero attached hydrogens (tertiary/aromatic N) is 1. The van der Waals surface area contributed by atoms with Crippen LogP contribution in [-0.2, 0) is 7.05 Å². The van der Waals surface area contributed by atoms with Crippen molar-refractivity contribution in [1.82, 2.24) is 4.57 Å². The Kier molecular flexibility index (Phi) is 3.07. The van der Waals surface area contributed by atoms with E-state index < -0.39 is 0 Å². The zero-order chi connectivity index (χ0) is 13.4. The molecule has 3 heteroatoms. The molecule has 96 valence electrons. The second kappa shape index (κ2) is 4.74. The van der Waals surface area contributed by atoms with Crippen LogP contribution in [0.25, 0.3) is 22.2 Å². The van der Waals surface area contributed by atoms with E-state index in [2.05, 4.69) is 63.9 Å². The minimum absolute atomic E-state index is 0.869. The van der Waals surface area contributed by atoms with E-state index in [0.717, 1.165) is 21.5 Å². The maximum atomic E-state index is 5.52. The number of halogens is 1. The van der Waals surface area contributed by atoms with Gasteiger partial charge >= 0.3 is 0 Å². The molecule has 0 bridgehead atoms. The molecule has 0 aliphatic carbocycles. The Bertz CT molecular complexity index is 746. The highest BCUT2D eigenvalue weighted by Gasteiger charge is 2.13. The first kappa shape index (κ1) is 12.3. The van der Waals surface area contributed by atoms with E-state index in [0.29, 0.717) is 0 Å². The summed E-state index contributed by atoms with van der Waals surface area (Å²) in [5.41, 5.74) is 3.47. The van der Waals surface area contributed by atoms with Gasteiger partial charge in [0.25, 0.3) is 0 Å². The predicted octanol–water partition coefficient (Wildman–Crippen LogP) is 4.62. The lowest BCUT2D eigenvalue weighted by Gasteiger charge is -2.11. The summed E-state index contributed by atoms with van der Waals surface area (Å²) in [5, 5.41) is 1.24. The van der Waals surface area contributed by atoms with Crippen molar-refractivity contribution in [3.8, 4) is 17.0 Å². The van der Waals surface area contributed by atoms with Crippen molar-refractivity contribution in [3.05, 3.63) is 53.0 Å². The quantitative estimate of drug-likeness (QED) is 0.673. The van der Waals surface area contributed by atoms with E-state index in [1.165, 1.54) is 10.9 Å². The Morgan fingerprint density at radius 3 is 2.58 bits per heavy atom. The monoisotopic (exact) mass is 315 g/mol. The molecule has 0 atom stereocenters. The molecule has 0 saturated carbocycles. The molecule has 0 aliphatic heterocycles. The minimum Gasteiger partial charge on any atom is -0.495 e. The number of aryl methyl sites for hydroxylation is 1. The van der Waals surface area contributed by atoms with Crippen molar-refractivity contribution in [2.45, 2.75) is 0 Å². The molecule has 0 aliphatic rings. The molecule has 0 radical (unpaired) electrons. The van der Waals surface area contributed by atoms with Crippen LogP contribution >= 0.6 is 15.9 Å². The van der Waals surface area contributed by atoms with Gasteiger partial charge in [-0.25, -0.2) is 0 Å². The highest BCUT2D eigenvalue weighted by Crippen LogP contribution is 2.38. The molecule has 0 saturated heterocycles. The lowest BCUT2D eigenvalue weighted by atomic mass is 10.1. The van der Waals surface area contributed by atoms with Crippen molar-refractivity contribution in [1.29, 1.82) is 0 Å². The van der Waals surface area contributed by atoms with Crippen molar-refractivity contribution in [2.75, 3.05) is 7.11 Å². The molecular weight excluding hydrogens is 302 g/mol. The van der Waals surface area contributed by atoms with Crippen LogP contribution < -0.4 is 4.74 Å². The van der Waals surface area contributed by atoms with Crippen molar-refractivity contribution in [2.24, 2.45) is 7.05 Å². The summed E-state index contributed by atoms with van der Waals surface area (Å²) in [6.45, 7) is 0. The molecule has 1 heterocycles. The summed E-state index contributed by atoms with van der Waals surface area (Å²) < 4.78 is 8.69. The molecule has 0 unspecified atom stereocenters. The summed E-state index contributed by atoms with van der Waals surface area (Å²) in [5.74, 6) is 0.869. The number of ether oxygens (including phenoxy) is 1. The fourth-order valence-corrected chi connectivity index (χ4v) is 2.99. The molecule has 3 rings (SSSR count). The van der Waals surface area contributed by atoms with Crippen LogP contribution in [0.4, 0.5) is 0 Å². The van der Waals surface area contributed by atoms with Crippen LogP contribution in [0.3, 0.4) is 0 Å². The predicted molar refractivity (Wildman–Crippen MR) is 82.6 cm³/mol. The summed E-state index contributed by atoms with van der Waals surface area (Å²) >= 11 is 3.54. The molecule has 19 heavy (non-hydrogen) atoms. The molecule has 3 aromatic rings. The van der Waals surface area contributed by atoms with Crippen molar-refractivity contribution < 1.29 is 4.74 Å². The Balaban J connectivity index is 2.31. The maximum Gasteiger partial charge on any atom is 0.142 e. The number of benzene rings is 2. The van der Waals surface area contributed by atoms with Gasteiger partial charge in [-0.3, -0.25) is 0 Å². The van der Waals surface area contributed by atoms with Gasteiger partial charge in [-0.2, -0.15) is 0 Å². The zero-order valence-electron chi connectivity index (χ0n) is 10.9. The third kappa shape index (κ3) is 1.94. The van der Waals surface area contributed by atoms with Gasteiger partial charge in [0.2, 0.25) is 0 Å². The number of methoxy groups -OCH3 is 1. The van der Waals surface area contributed by atoms with Gasteiger partial charge in [0, 0.05) is 23.5 Å². The minimum atomic E-state index is 0.869. The first-order valence-electron chi connectivity index (χ1n) is 6.09. The van der Waals surface area contributed by atoms with E-state index in [1.54, 1.807) is 7.11 Å². The van der Waals surface area contributed by atoms with E-state index in [1.807, 2.05) is 12.1 Å². The van der Waals surface area contributed by atoms with E-state index >= 15 is 0 Å². The smallest absolute Gasteiger partial charge is 0.142 e. The first-order valence-corrected chi connectivity index (χ1v) is 6.89. The highest BCUT2D eigenvalue weighted by atomic mass is 79.9. The highest BCUT2D eigenvalue weighted by molar-refractivity contribution is 9.10. The molecular formula is C16H14BrNO. The largest absolute Gasteiger partial charge is 0.495 e. The van der Waals surface area contributed by atoms with Gasteiger partial charge in [0.05, 0.1) is 17.3 Å². The number of hydrogen-bond donors (Lipinski definition) is 0. The fraction of sp³-hybridized carbons (Fsp3) is 0.125. The normalized spacial score (nSPS) is 10.9. The molecule has 0 spiro atoms. The van der Waals surface area contributed by atoms with E-state index in [-0.39, 0.29) is 0 Å². The summed E-state index contributed by atoms with van der Waals surface area (Å²) in [6.07, 6.45) is 0. The number of para-hydroxylation sites is 2. The van der Waals surface area contributed by atoms with Crippen molar-refractivity contribution in [3.63, 3.8) is 0 Å². The Morgan fingerprint density at radius 2 is 1.84 bits per heavy atom. The molecule has 2 nitrogen and oxygen atoms in total. The number of hydrogen-bond acceptors (Lipinski definition) is 1. The van der Waals surface area contributed by atoms with E-state index in [9.17, 15) is 0 Å². The number of fused-ring (bicyclic) bond motifs is 1. The van der Waals surface area contributed by atoms with Gasteiger partial charge in [-0.15, -0.1) is 0 Å². The topological polar surface area (TPSA) is 14.2 Å². The lowest BCUT2D eigenvalue weighted by molar-refractivity contribution is 0.413. The van der Waals surface area contributed by atoms with Gasteiger partial charge in [-0.05, 0) is 40.2 Å². The van der Waals surface area contributed by atoms with Gasteiger partial charge in [-0.1, -0.05) is 24.3 Å². The van der Waals surface area contributed by atoms with Crippen LogP contribution in [0.5, 0.6) is 5.75 Å². The van der Waals surface area contributed by atoms with Gasteiger partial charge < -0.3 is 9.30 Å². The molecule has 0 amide bonds. The standard InChI is InChI=1S/C16H14BrNO/c1-18-14-9-4-3-6-11(14)10-15(18)12-7-5-8-13(17)16(12)19-2/h3-10H,1-2H3. The zero-order valence-corrected chi connectivity index (χ0v) is 12.4. The van der Waals surface area contributed by atoms with Crippen LogP contribution in [0.15, 0.2) is 53.0 Å². The third-order valence-electron chi connectivity index (χ3n) is 3.40. The molecule has 2 aromatic carbocycles. The second-order valence-electron chi connectivity index (χ2n) is 4.47. The molecule has 0 N–H and O–H groups in total. The van der Waals surface area contributed by atoms with Gasteiger partial charge in [0.15, 0.2) is 0 Å². The van der Waals surface area contributed by atoms with Crippen molar-refractivity contribution >= 4 is 26.8 Å². The van der Waals surface area contributed by atoms with Crippen LogP contribution in [0, 0.1) is 0 Å². The SMILES string of the molecule is COc1c(Br)cccc1-c1cc2ccccc2n1C. The van der Waals surface area contributed by atoms with Crippen LogP contribution in [0.1, 0.15) is 0 Å². The molecule has 0 fully saturated rings. The van der Waals surface area contributed by atoms with Crippen LogP contribution in [0.2, 0.25) is 0 Å². The number of aromatic nitrogens is 1. The Labute approximate surface area is 120 Å². The van der Waals surface area contributed by atoms with Gasteiger partial charge in [0.1, 0.15) is 5.75 Å². The Morgan fingerprint density at radius 1 is 1.05 bits per heavy atom. The van der Waals surface area contributed by atoms with Crippen LogP contribution in [-0.4, -0.2) is 11.7 Å². The summed E-state index contributed by atoms with van der Waals surface area (Å²) in [4.78, 5) is 0. The summed E-state index contributed by atoms with van der Waals surface area (Å²) in [7, 11) is 3.78. The first-order chi connectivity index (χ1) is 9.22. The fourth-order valence-electron chi connectivity index (χ4n) is 2.47. The molecule has 1 aromatic heterocycles. The Hall–Kier alpha value is -1.74. The third-order valence-corrected chi connectivity index (χ3v) is 4.02. The van der Waals surface area contributed by atoms with E-state index in [4.69, 9.17) is 4.74 Å².